The standard InChI is InChI=1S/C30H32F3N5O3/c1-29(2,3)24-15-25(35-27(39)34-23-14-19(31)13-22(32)26(23)33)38(36-24)20-11-17-9-7-8-10-21(17)18(12-20)16-37(28(40)41)30(4,5)6/h7-15H,16H2,1-6H3,(H,40,41)(H2,34,35,39). The molecule has 0 atom stereocenters. The molecule has 0 aliphatic heterocycles. The summed E-state index contributed by atoms with van der Waals surface area (Å²) in [6, 6.07) is 12.9. The van der Waals surface area contributed by atoms with E-state index in [0.717, 1.165) is 16.3 Å². The van der Waals surface area contributed by atoms with Gasteiger partial charge in [0.25, 0.3) is 0 Å². The molecule has 8 nitrogen and oxygen atoms in total. The highest BCUT2D eigenvalue weighted by Crippen LogP contribution is 2.31. The number of anilines is 2. The van der Waals surface area contributed by atoms with Gasteiger partial charge in [-0.2, -0.15) is 5.10 Å². The summed E-state index contributed by atoms with van der Waals surface area (Å²) in [5.74, 6) is -3.67. The molecule has 0 fully saturated rings. The Balaban J connectivity index is 1.80. The van der Waals surface area contributed by atoms with E-state index in [0.29, 0.717) is 23.5 Å². The molecular weight excluding hydrogens is 535 g/mol. The first-order valence-corrected chi connectivity index (χ1v) is 12.9. The van der Waals surface area contributed by atoms with Gasteiger partial charge < -0.3 is 10.4 Å². The normalized spacial score (nSPS) is 11.9. The average Bonchev–Trinajstić information content (AvgIpc) is 3.28. The monoisotopic (exact) mass is 567 g/mol. The van der Waals surface area contributed by atoms with Crippen LogP contribution in [-0.4, -0.2) is 37.5 Å². The van der Waals surface area contributed by atoms with Crippen LogP contribution in [0.2, 0.25) is 0 Å². The summed E-state index contributed by atoms with van der Waals surface area (Å²) in [4.78, 5) is 26.3. The summed E-state index contributed by atoms with van der Waals surface area (Å²) in [6.07, 6.45) is -1.07. The van der Waals surface area contributed by atoms with Crippen molar-refractivity contribution in [2.45, 2.75) is 59.0 Å². The molecule has 0 radical (unpaired) electrons. The average molecular weight is 568 g/mol. The summed E-state index contributed by atoms with van der Waals surface area (Å²) in [5, 5.41) is 21.1. The predicted molar refractivity (Wildman–Crippen MR) is 152 cm³/mol. The molecule has 41 heavy (non-hydrogen) atoms. The number of hydrogen-bond acceptors (Lipinski definition) is 3. The van der Waals surface area contributed by atoms with Gasteiger partial charge in [-0.3, -0.25) is 10.2 Å². The molecule has 3 amide bonds. The Kier molecular flexibility index (Phi) is 7.75. The van der Waals surface area contributed by atoms with E-state index >= 15 is 0 Å². The van der Waals surface area contributed by atoms with Crippen molar-refractivity contribution >= 4 is 34.4 Å². The van der Waals surface area contributed by atoms with E-state index in [1.54, 1.807) is 12.1 Å². The van der Waals surface area contributed by atoms with E-state index in [2.05, 4.69) is 10.6 Å². The van der Waals surface area contributed by atoms with Crippen LogP contribution < -0.4 is 10.6 Å². The summed E-state index contributed by atoms with van der Waals surface area (Å²) in [5.41, 5.74) is 0.105. The first-order valence-electron chi connectivity index (χ1n) is 12.9. The molecule has 4 rings (SSSR count). The molecule has 1 heterocycles. The number of amides is 3. The molecule has 216 valence electrons. The maximum atomic E-state index is 14.2. The van der Waals surface area contributed by atoms with Crippen LogP contribution in [0.4, 0.5) is 34.3 Å². The van der Waals surface area contributed by atoms with Gasteiger partial charge in [0.05, 0.1) is 23.6 Å². The van der Waals surface area contributed by atoms with Crippen LogP contribution in [0.1, 0.15) is 52.8 Å². The largest absolute Gasteiger partial charge is 0.465 e. The maximum absolute atomic E-state index is 14.2. The highest BCUT2D eigenvalue weighted by molar-refractivity contribution is 5.99. The summed E-state index contributed by atoms with van der Waals surface area (Å²) in [6.45, 7) is 11.3. The number of fused-ring (bicyclic) bond motifs is 1. The summed E-state index contributed by atoms with van der Waals surface area (Å²) < 4.78 is 43.0. The number of rotatable bonds is 5. The number of halogens is 3. The number of aromatic nitrogens is 2. The summed E-state index contributed by atoms with van der Waals surface area (Å²) in [7, 11) is 0. The second-order valence-electron chi connectivity index (χ2n) is 11.8. The van der Waals surface area contributed by atoms with E-state index in [-0.39, 0.29) is 12.4 Å². The van der Waals surface area contributed by atoms with Gasteiger partial charge in [0.1, 0.15) is 11.6 Å². The highest BCUT2D eigenvalue weighted by Gasteiger charge is 2.28. The molecule has 3 aromatic carbocycles. The number of carboxylic acid groups (broad SMARTS) is 1. The quantitative estimate of drug-likeness (QED) is 0.216. The topological polar surface area (TPSA) is 99.5 Å². The van der Waals surface area contributed by atoms with Crippen LogP contribution >= 0.6 is 0 Å². The molecule has 0 saturated heterocycles. The molecule has 11 heteroatoms. The van der Waals surface area contributed by atoms with Crippen LogP contribution in [0.5, 0.6) is 0 Å². The highest BCUT2D eigenvalue weighted by atomic mass is 19.2. The molecule has 0 unspecified atom stereocenters. The minimum atomic E-state index is -1.44. The van der Waals surface area contributed by atoms with E-state index in [1.165, 1.54) is 9.58 Å². The maximum Gasteiger partial charge on any atom is 0.408 e. The molecular formula is C30H32F3N5O3. The lowest BCUT2D eigenvalue weighted by molar-refractivity contribution is 0.0958. The third kappa shape index (κ3) is 6.45. The Labute approximate surface area is 235 Å². The number of hydrogen-bond donors (Lipinski definition) is 3. The fraction of sp³-hybridized carbons (Fsp3) is 0.300. The van der Waals surface area contributed by atoms with Crippen molar-refractivity contribution in [3.63, 3.8) is 0 Å². The zero-order valence-electron chi connectivity index (χ0n) is 23.6. The minimum Gasteiger partial charge on any atom is -0.465 e. The minimum absolute atomic E-state index is 0.0915. The van der Waals surface area contributed by atoms with Crippen molar-refractivity contribution in [2.75, 3.05) is 10.6 Å². The van der Waals surface area contributed by atoms with Gasteiger partial charge >= 0.3 is 12.1 Å². The molecule has 1 aromatic heterocycles. The van der Waals surface area contributed by atoms with Crippen molar-refractivity contribution in [3.8, 4) is 5.69 Å². The number of carbonyl (C=O) groups excluding carboxylic acids is 1. The SMILES string of the molecule is CC(C)(C)c1cc(NC(=O)Nc2cc(F)cc(F)c2F)n(-c2cc(CN(C(=O)O)C(C)(C)C)c3ccccc3c2)n1. The second kappa shape index (κ2) is 10.8. The molecule has 0 bridgehead atoms. The number of benzene rings is 3. The van der Waals surface area contributed by atoms with Crippen LogP contribution in [-0.2, 0) is 12.0 Å². The number of nitrogens with one attached hydrogen (secondary N) is 2. The van der Waals surface area contributed by atoms with E-state index < -0.39 is 46.2 Å². The Hall–Kier alpha value is -4.54. The van der Waals surface area contributed by atoms with Gasteiger partial charge in [0.15, 0.2) is 11.6 Å². The third-order valence-corrected chi connectivity index (χ3v) is 6.51. The van der Waals surface area contributed by atoms with E-state index in [4.69, 9.17) is 5.10 Å². The first-order chi connectivity index (χ1) is 19.0. The van der Waals surface area contributed by atoms with Crippen molar-refractivity contribution in [3.05, 3.63) is 83.3 Å². The molecule has 0 aliphatic rings. The Morgan fingerprint density at radius 2 is 1.63 bits per heavy atom. The van der Waals surface area contributed by atoms with E-state index in [9.17, 15) is 27.9 Å². The second-order valence-corrected chi connectivity index (χ2v) is 11.8. The Morgan fingerprint density at radius 1 is 0.951 bits per heavy atom. The lowest BCUT2D eigenvalue weighted by Crippen LogP contribution is -2.44. The van der Waals surface area contributed by atoms with Crippen LogP contribution in [0.15, 0.2) is 54.6 Å². The molecule has 3 N–H and O–H groups in total. The summed E-state index contributed by atoms with van der Waals surface area (Å²) >= 11 is 0. The molecule has 4 aromatic rings. The first kappa shape index (κ1) is 29.4. The van der Waals surface area contributed by atoms with Crippen molar-refractivity contribution in [1.29, 1.82) is 0 Å². The number of carbonyl (C=O) groups is 2. The smallest absolute Gasteiger partial charge is 0.408 e. The van der Waals surface area contributed by atoms with Crippen LogP contribution in [0.25, 0.3) is 16.5 Å². The molecule has 0 aliphatic carbocycles. The predicted octanol–water partition coefficient (Wildman–Crippen LogP) is 7.66. The van der Waals surface area contributed by atoms with Gasteiger partial charge in [-0.1, -0.05) is 45.0 Å². The number of nitrogens with zero attached hydrogens (tertiary/aromatic N) is 3. The van der Waals surface area contributed by atoms with Crippen molar-refractivity contribution in [1.82, 2.24) is 14.7 Å². The van der Waals surface area contributed by atoms with Crippen LogP contribution in [0.3, 0.4) is 0 Å². The third-order valence-electron chi connectivity index (χ3n) is 6.51. The van der Waals surface area contributed by atoms with Gasteiger partial charge in [-0.15, -0.1) is 0 Å². The molecule has 0 spiro atoms. The van der Waals surface area contributed by atoms with Crippen molar-refractivity contribution in [2.24, 2.45) is 0 Å². The van der Waals surface area contributed by atoms with E-state index in [1.807, 2.05) is 71.9 Å². The lowest BCUT2D eigenvalue weighted by Gasteiger charge is -2.33. The van der Waals surface area contributed by atoms with Gasteiger partial charge in [-0.05, 0) is 49.2 Å². The Morgan fingerprint density at radius 3 is 2.27 bits per heavy atom. The van der Waals surface area contributed by atoms with Crippen molar-refractivity contribution < 1.29 is 27.9 Å². The zero-order chi connectivity index (χ0) is 30.3. The Bertz CT molecular complexity index is 1640. The van der Waals surface area contributed by atoms with Gasteiger partial charge in [0.2, 0.25) is 0 Å². The fourth-order valence-corrected chi connectivity index (χ4v) is 4.34. The molecule has 0 saturated carbocycles. The lowest BCUT2D eigenvalue weighted by atomic mass is 9.92. The van der Waals surface area contributed by atoms with Crippen LogP contribution in [0, 0.1) is 17.5 Å². The van der Waals surface area contributed by atoms with Gasteiger partial charge in [-0.25, -0.2) is 27.4 Å². The fourth-order valence-electron chi connectivity index (χ4n) is 4.34. The number of urea groups is 1. The zero-order valence-corrected chi connectivity index (χ0v) is 23.6. The van der Waals surface area contributed by atoms with Gasteiger partial charge in [0, 0.05) is 29.2 Å².